The minimum Gasteiger partial charge on any atom is -0.332 e. The molecule has 20 heavy (non-hydrogen) atoms. The number of aromatic nitrogens is 1. The van der Waals surface area contributed by atoms with E-state index >= 15 is 0 Å². The van der Waals surface area contributed by atoms with Gasteiger partial charge < -0.3 is 4.90 Å². The maximum atomic E-state index is 12.2. The lowest BCUT2D eigenvalue weighted by atomic mass is 10.1. The molecule has 1 heterocycles. The van der Waals surface area contributed by atoms with Gasteiger partial charge in [-0.2, -0.15) is 0 Å². The van der Waals surface area contributed by atoms with Crippen molar-refractivity contribution in [1.82, 2.24) is 9.88 Å². The minimum absolute atomic E-state index is 0.391. The third-order valence-electron chi connectivity index (χ3n) is 3.00. The third-order valence-corrected chi connectivity index (χ3v) is 3.00. The number of carbonyl (C=O) groups excluding carboxylic acids is 2. The van der Waals surface area contributed by atoms with E-state index in [-0.39, 0.29) is 0 Å². The van der Waals surface area contributed by atoms with Gasteiger partial charge in [0.25, 0.3) is 5.91 Å². The average molecular weight is 268 g/mol. The summed E-state index contributed by atoms with van der Waals surface area (Å²) in [7, 11) is 0. The zero-order chi connectivity index (χ0) is 14.4. The first-order chi connectivity index (χ1) is 9.72. The van der Waals surface area contributed by atoms with Crippen molar-refractivity contribution in [1.29, 1.82) is 0 Å². The molecule has 2 aromatic rings. The largest absolute Gasteiger partial charge is 0.332 e. The lowest BCUT2D eigenvalue weighted by molar-refractivity contribution is -0.126. The van der Waals surface area contributed by atoms with Crippen LogP contribution < -0.4 is 0 Å². The van der Waals surface area contributed by atoms with E-state index in [9.17, 15) is 9.59 Å². The second kappa shape index (κ2) is 6.61. The highest BCUT2D eigenvalue weighted by molar-refractivity contribution is 6.42. The van der Waals surface area contributed by atoms with Crippen molar-refractivity contribution in [3.05, 3.63) is 66.0 Å². The van der Waals surface area contributed by atoms with E-state index in [2.05, 4.69) is 4.98 Å². The molecule has 1 amide bonds. The van der Waals surface area contributed by atoms with E-state index in [4.69, 9.17) is 0 Å². The molecule has 0 aliphatic heterocycles. The molecule has 0 N–H and O–H groups in total. The lowest BCUT2D eigenvalue weighted by Gasteiger charge is -2.19. The van der Waals surface area contributed by atoms with Crippen LogP contribution in [0.25, 0.3) is 0 Å². The van der Waals surface area contributed by atoms with Gasteiger partial charge in [-0.3, -0.25) is 14.6 Å². The van der Waals surface area contributed by atoms with Gasteiger partial charge in [-0.15, -0.1) is 0 Å². The predicted octanol–water partition coefficient (Wildman–Crippen LogP) is 2.31. The Bertz CT molecular complexity index is 582. The highest BCUT2D eigenvalue weighted by Gasteiger charge is 2.21. The van der Waals surface area contributed by atoms with Crippen molar-refractivity contribution in [2.75, 3.05) is 6.54 Å². The van der Waals surface area contributed by atoms with Gasteiger partial charge in [-0.1, -0.05) is 36.4 Å². The number of ketones is 1. The van der Waals surface area contributed by atoms with Crippen molar-refractivity contribution in [2.45, 2.75) is 13.5 Å². The zero-order valence-electron chi connectivity index (χ0n) is 11.3. The fourth-order valence-electron chi connectivity index (χ4n) is 1.90. The van der Waals surface area contributed by atoms with Gasteiger partial charge in [0.1, 0.15) is 0 Å². The zero-order valence-corrected chi connectivity index (χ0v) is 11.3. The van der Waals surface area contributed by atoms with Crippen molar-refractivity contribution in [3.63, 3.8) is 0 Å². The summed E-state index contributed by atoms with van der Waals surface area (Å²) in [5.41, 5.74) is 1.32. The summed E-state index contributed by atoms with van der Waals surface area (Å²) in [5, 5.41) is 0. The van der Waals surface area contributed by atoms with Crippen molar-refractivity contribution >= 4 is 11.7 Å². The molecule has 0 atom stereocenters. The van der Waals surface area contributed by atoms with Crippen LogP contribution in [0.5, 0.6) is 0 Å². The molecule has 0 radical (unpaired) electrons. The molecule has 0 aliphatic carbocycles. The van der Waals surface area contributed by atoms with Crippen molar-refractivity contribution in [2.24, 2.45) is 0 Å². The van der Waals surface area contributed by atoms with Gasteiger partial charge in [0.15, 0.2) is 0 Å². The van der Waals surface area contributed by atoms with Gasteiger partial charge in [0, 0.05) is 31.0 Å². The smallest absolute Gasteiger partial charge is 0.295 e. The first-order valence-electron chi connectivity index (χ1n) is 6.50. The van der Waals surface area contributed by atoms with Crippen LogP contribution in [-0.2, 0) is 11.3 Å². The quantitative estimate of drug-likeness (QED) is 0.617. The van der Waals surface area contributed by atoms with Gasteiger partial charge in [-0.05, 0) is 18.6 Å². The van der Waals surface area contributed by atoms with Crippen LogP contribution in [0.1, 0.15) is 22.8 Å². The molecule has 0 unspecified atom stereocenters. The number of carbonyl (C=O) groups is 2. The van der Waals surface area contributed by atoms with Crippen LogP contribution in [0.2, 0.25) is 0 Å². The Morgan fingerprint density at radius 1 is 1.10 bits per heavy atom. The van der Waals surface area contributed by atoms with E-state index in [1.165, 1.54) is 4.90 Å². The number of benzene rings is 1. The monoisotopic (exact) mass is 268 g/mol. The molecule has 1 aromatic heterocycles. The Labute approximate surface area is 118 Å². The Morgan fingerprint density at radius 3 is 2.45 bits per heavy atom. The first-order valence-corrected chi connectivity index (χ1v) is 6.50. The highest BCUT2D eigenvalue weighted by atomic mass is 16.2. The molecule has 4 heteroatoms. The van der Waals surface area contributed by atoms with Crippen LogP contribution in [-0.4, -0.2) is 28.1 Å². The second-order valence-corrected chi connectivity index (χ2v) is 4.38. The van der Waals surface area contributed by atoms with Crippen LogP contribution in [0.4, 0.5) is 0 Å². The molecule has 1 aromatic carbocycles. The fourth-order valence-corrected chi connectivity index (χ4v) is 1.90. The molecule has 0 saturated carbocycles. The van der Waals surface area contributed by atoms with E-state index in [1.54, 1.807) is 36.7 Å². The van der Waals surface area contributed by atoms with Gasteiger partial charge in [0.05, 0.1) is 0 Å². The highest BCUT2D eigenvalue weighted by Crippen LogP contribution is 2.07. The average Bonchev–Trinajstić information content (AvgIpc) is 2.53. The number of rotatable bonds is 5. The summed E-state index contributed by atoms with van der Waals surface area (Å²) in [4.78, 5) is 29.9. The molecular weight excluding hydrogens is 252 g/mol. The molecule has 0 fully saturated rings. The SMILES string of the molecule is CCN(Cc1cccnc1)C(=O)C(=O)c1ccccc1. The summed E-state index contributed by atoms with van der Waals surface area (Å²) in [5.74, 6) is -0.959. The standard InChI is InChI=1S/C16H16N2O2/c1-2-18(12-13-7-6-10-17-11-13)16(20)15(19)14-8-4-3-5-9-14/h3-11H,2,12H2,1H3. The van der Waals surface area contributed by atoms with Crippen LogP contribution in [0, 0.1) is 0 Å². The van der Waals surface area contributed by atoms with Gasteiger partial charge >= 0.3 is 0 Å². The second-order valence-electron chi connectivity index (χ2n) is 4.38. The molecular formula is C16H16N2O2. The Hall–Kier alpha value is -2.49. The number of hydrogen-bond donors (Lipinski definition) is 0. The molecule has 0 aliphatic rings. The number of hydrogen-bond acceptors (Lipinski definition) is 3. The van der Waals surface area contributed by atoms with E-state index in [0.29, 0.717) is 18.7 Å². The summed E-state index contributed by atoms with van der Waals surface area (Å²) >= 11 is 0. The fraction of sp³-hybridized carbons (Fsp3) is 0.188. The van der Waals surface area contributed by atoms with Crippen LogP contribution in [0.15, 0.2) is 54.9 Å². The Kier molecular flexibility index (Phi) is 4.60. The Balaban J connectivity index is 2.12. The molecule has 0 bridgehead atoms. The number of pyridine rings is 1. The molecule has 0 spiro atoms. The minimum atomic E-state index is -0.484. The molecule has 2 rings (SSSR count). The number of Topliss-reactive ketones (excluding diaryl/α,β-unsaturated/α-hetero) is 1. The number of likely N-dealkylation sites (N-methyl/N-ethyl adjacent to an activating group) is 1. The van der Waals surface area contributed by atoms with Crippen molar-refractivity contribution in [3.8, 4) is 0 Å². The van der Waals surface area contributed by atoms with E-state index in [1.807, 2.05) is 25.1 Å². The Morgan fingerprint density at radius 2 is 1.85 bits per heavy atom. The molecule has 4 nitrogen and oxygen atoms in total. The van der Waals surface area contributed by atoms with Crippen LogP contribution in [0.3, 0.4) is 0 Å². The molecule has 102 valence electrons. The predicted molar refractivity (Wildman–Crippen MR) is 76.1 cm³/mol. The normalized spacial score (nSPS) is 10.1. The van der Waals surface area contributed by atoms with Crippen molar-refractivity contribution < 1.29 is 9.59 Å². The van der Waals surface area contributed by atoms with E-state index in [0.717, 1.165) is 5.56 Å². The first kappa shape index (κ1) is 13.9. The summed E-state index contributed by atoms with van der Waals surface area (Å²) in [6.45, 7) is 2.72. The summed E-state index contributed by atoms with van der Waals surface area (Å²) in [6.07, 6.45) is 3.37. The lowest BCUT2D eigenvalue weighted by Crippen LogP contribution is -2.36. The number of amides is 1. The maximum Gasteiger partial charge on any atom is 0.295 e. The van der Waals surface area contributed by atoms with E-state index < -0.39 is 11.7 Å². The molecule has 0 saturated heterocycles. The topological polar surface area (TPSA) is 50.3 Å². The summed E-state index contributed by atoms with van der Waals surface area (Å²) < 4.78 is 0. The number of nitrogens with zero attached hydrogens (tertiary/aromatic N) is 2. The van der Waals surface area contributed by atoms with Gasteiger partial charge in [0.2, 0.25) is 5.78 Å². The van der Waals surface area contributed by atoms with Crippen LogP contribution >= 0.6 is 0 Å². The third kappa shape index (κ3) is 3.29. The summed E-state index contributed by atoms with van der Waals surface area (Å²) in [6, 6.07) is 12.3. The van der Waals surface area contributed by atoms with Gasteiger partial charge in [-0.25, -0.2) is 0 Å². The maximum absolute atomic E-state index is 12.2.